The van der Waals surface area contributed by atoms with Crippen LogP contribution in [0.15, 0.2) is 24.4 Å². The fraction of sp³-hybridized carbons (Fsp3) is 0.350. The molecule has 174 valence electrons. The van der Waals surface area contributed by atoms with Gasteiger partial charge >= 0.3 is 0 Å². The molecule has 0 spiro atoms. The largest absolute Gasteiger partial charge is 0.395 e. The molecule has 1 amide bonds. The Morgan fingerprint density at radius 1 is 1.15 bits per heavy atom. The first kappa shape index (κ1) is 23.6. The smallest absolute Gasteiger partial charge is 0.267 e. The average Bonchev–Trinajstić information content (AvgIpc) is 3.25. The standard InChI is InChI=1S/C20H22Cl2N8O2S/c1-12-24-18(27-19(25-12)30-7-5-29(6-8-30)9-10-31)28-20-23-11-15(33-20)17(32)26-16-13(21)3-2-4-14(16)22/h2-4,11,31H,5-10H2,1H3,(H,26,32)(H,23,24,25,27,28). The molecule has 0 radical (unpaired) electrons. The lowest BCUT2D eigenvalue weighted by Crippen LogP contribution is -2.47. The van der Waals surface area contributed by atoms with Crippen LogP contribution in [0.3, 0.4) is 0 Å². The van der Waals surface area contributed by atoms with Gasteiger partial charge in [0.2, 0.25) is 11.9 Å². The van der Waals surface area contributed by atoms with E-state index in [0.29, 0.717) is 50.0 Å². The molecule has 1 saturated heterocycles. The summed E-state index contributed by atoms with van der Waals surface area (Å²) in [5.74, 6) is 1.13. The van der Waals surface area contributed by atoms with Gasteiger partial charge in [0.25, 0.3) is 5.91 Å². The second-order valence-electron chi connectivity index (χ2n) is 7.26. The van der Waals surface area contributed by atoms with Gasteiger partial charge in [0.05, 0.1) is 28.5 Å². The summed E-state index contributed by atoms with van der Waals surface area (Å²) in [6.07, 6.45) is 1.46. The number of aromatic nitrogens is 4. The van der Waals surface area contributed by atoms with Crippen LogP contribution >= 0.6 is 34.5 Å². The van der Waals surface area contributed by atoms with Crippen LogP contribution in [0.5, 0.6) is 0 Å². The van der Waals surface area contributed by atoms with Gasteiger partial charge in [-0.05, 0) is 19.1 Å². The molecule has 1 aromatic carbocycles. The average molecular weight is 509 g/mol. The fourth-order valence-electron chi connectivity index (χ4n) is 3.30. The number of hydrogen-bond donors (Lipinski definition) is 3. The Balaban J connectivity index is 1.43. The second kappa shape index (κ2) is 10.6. The highest BCUT2D eigenvalue weighted by atomic mass is 35.5. The molecule has 33 heavy (non-hydrogen) atoms. The van der Waals surface area contributed by atoms with Crippen LogP contribution < -0.4 is 15.5 Å². The Morgan fingerprint density at radius 3 is 2.58 bits per heavy atom. The molecule has 0 atom stereocenters. The highest BCUT2D eigenvalue weighted by molar-refractivity contribution is 7.17. The summed E-state index contributed by atoms with van der Waals surface area (Å²) < 4.78 is 0. The predicted molar refractivity (Wildman–Crippen MR) is 130 cm³/mol. The van der Waals surface area contributed by atoms with Crippen molar-refractivity contribution in [2.75, 3.05) is 54.9 Å². The Morgan fingerprint density at radius 2 is 1.88 bits per heavy atom. The Bertz CT molecular complexity index is 1120. The van der Waals surface area contributed by atoms with Crippen molar-refractivity contribution < 1.29 is 9.90 Å². The van der Waals surface area contributed by atoms with Crippen molar-refractivity contribution >= 4 is 63.2 Å². The third kappa shape index (κ3) is 5.87. The van der Waals surface area contributed by atoms with Crippen molar-refractivity contribution in [1.29, 1.82) is 0 Å². The number of carbonyl (C=O) groups is 1. The van der Waals surface area contributed by atoms with Crippen molar-refractivity contribution in [3.05, 3.63) is 45.1 Å². The third-order valence-electron chi connectivity index (χ3n) is 4.96. The number of piperazine rings is 1. The van der Waals surface area contributed by atoms with E-state index in [1.165, 1.54) is 6.20 Å². The monoisotopic (exact) mass is 508 g/mol. The van der Waals surface area contributed by atoms with Gasteiger partial charge in [-0.1, -0.05) is 40.6 Å². The maximum Gasteiger partial charge on any atom is 0.267 e. The molecule has 0 aliphatic carbocycles. The van der Waals surface area contributed by atoms with Crippen LogP contribution in [0, 0.1) is 6.92 Å². The molecule has 2 aromatic heterocycles. The van der Waals surface area contributed by atoms with Crippen LogP contribution in [0.25, 0.3) is 0 Å². The zero-order chi connectivity index (χ0) is 23.4. The molecule has 3 N–H and O–H groups in total. The van der Waals surface area contributed by atoms with E-state index in [2.05, 4.69) is 40.4 Å². The molecule has 1 aliphatic rings. The van der Waals surface area contributed by atoms with Gasteiger partial charge in [0, 0.05) is 32.7 Å². The van der Waals surface area contributed by atoms with Crippen LogP contribution in [0.4, 0.5) is 22.7 Å². The number of aryl methyl sites for hydroxylation is 1. The molecule has 10 nitrogen and oxygen atoms in total. The summed E-state index contributed by atoms with van der Waals surface area (Å²) in [6, 6.07) is 5.00. The van der Waals surface area contributed by atoms with Gasteiger partial charge in [-0.2, -0.15) is 15.0 Å². The number of benzene rings is 1. The van der Waals surface area contributed by atoms with E-state index >= 15 is 0 Å². The topological polar surface area (TPSA) is 119 Å². The van der Waals surface area contributed by atoms with Crippen molar-refractivity contribution in [1.82, 2.24) is 24.8 Å². The Labute approximate surface area is 204 Å². The quantitative estimate of drug-likeness (QED) is 0.442. The van der Waals surface area contributed by atoms with E-state index in [1.807, 2.05) is 0 Å². The second-order valence-corrected chi connectivity index (χ2v) is 9.11. The zero-order valence-corrected chi connectivity index (χ0v) is 20.1. The summed E-state index contributed by atoms with van der Waals surface area (Å²) >= 11 is 13.4. The number of aliphatic hydroxyl groups is 1. The number of nitrogens with zero attached hydrogens (tertiary/aromatic N) is 6. The first-order chi connectivity index (χ1) is 15.9. The number of aliphatic hydroxyl groups excluding tert-OH is 1. The van der Waals surface area contributed by atoms with E-state index in [4.69, 9.17) is 28.3 Å². The van der Waals surface area contributed by atoms with E-state index in [1.54, 1.807) is 25.1 Å². The highest BCUT2D eigenvalue weighted by Crippen LogP contribution is 2.31. The number of nitrogens with one attached hydrogen (secondary N) is 2. The summed E-state index contributed by atoms with van der Waals surface area (Å²) in [5.41, 5.74) is 0.352. The van der Waals surface area contributed by atoms with Gasteiger partial charge < -0.3 is 15.3 Å². The lowest BCUT2D eigenvalue weighted by atomic mass is 10.3. The number of hydrogen-bond acceptors (Lipinski definition) is 10. The molecule has 3 aromatic rings. The molecule has 4 rings (SSSR count). The molecule has 0 saturated carbocycles. The summed E-state index contributed by atoms with van der Waals surface area (Å²) in [4.78, 5) is 34.9. The number of anilines is 4. The first-order valence-electron chi connectivity index (χ1n) is 10.2. The molecule has 0 unspecified atom stereocenters. The van der Waals surface area contributed by atoms with Crippen molar-refractivity contribution in [2.45, 2.75) is 6.92 Å². The zero-order valence-electron chi connectivity index (χ0n) is 17.8. The number of rotatable bonds is 7. The third-order valence-corrected chi connectivity index (χ3v) is 6.50. The highest BCUT2D eigenvalue weighted by Gasteiger charge is 2.20. The fourth-order valence-corrected chi connectivity index (χ4v) is 4.50. The normalized spacial score (nSPS) is 14.4. The van der Waals surface area contributed by atoms with Crippen molar-refractivity contribution in [3.63, 3.8) is 0 Å². The Hall–Kier alpha value is -2.57. The van der Waals surface area contributed by atoms with E-state index < -0.39 is 0 Å². The van der Waals surface area contributed by atoms with Gasteiger partial charge in [0.1, 0.15) is 10.7 Å². The first-order valence-corrected chi connectivity index (χ1v) is 11.8. The van der Waals surface area contributed by atoms with Crippen molar-refractivity contribution in [3.8, 4) is 0 Å². The maximum absolute atomic E-state index is 12.6. The van der Waals surface area contributed by atoms with Crippen LogP contribution in [-0.4, -0.2) is 75.2 Å². The molecule has 0 bridgehead atoms. The lowest BCUT2D eigenvalue weighted by molar-refractivity contribution is 0.103. The van der Waals surface area contributed by atoms with Gasteiger partial charge in [-0.25, -0.2) is 4.98 Å². The number of amides is 1. The minimum absolute atomic E-state index is 0.151. The minimum Gasteiger partial charge on any atom is -0.395 e. The Kier molecular flexibility index (Phi) is 7.56. The van der Waals surface area contributed by atoms with Gasteiger partial charge in [-0.15, -0.1) is 0 Å². The molecule has 13 heteroatoms. The van der Waals surface area contributed by atoms with E-state index in [9.17, 15) is 4.79 Å². The summed E-state index contributed by atoms with van der Waals surface area (Å²) in [5, 5.41) is 16.1. The molecule has 1 fully saturated rings. The number of para-hydroxylation sites is 1. The summed E-state index contributed by atoms with van der Waals surface area (Å²) in [6.45, 7) is 5.79. The van der Waals surface area contributed by atoms with E-state index in [0.717, 1.165) is 37.5 Å². The predicted octanol–water partition coefficient (Wildman–Crippen LogP) is 3.05. The van der Waals surface area contributed by atoms with Crippen LogP contribution in [0.2, 0.25) is 10.0 Å². The molecule has 3 heterocycles. The molecular formula is C20H22Cl2N8O2S. The number of β-amino-alcohol motifs (C(OH)–C–C–N with tert-alkyl or cyclic N) is 1. The van der Waals surface area contributed by atoms with Crippen molar-refractivity contribution in [2.24, 2.45) is 0 Å². The SMILES string of the molecule is Cc1nc(Nc2ncc(C(=O)Nc3c(Cl)cccc3Cl)s2)nc(N2CCN(CCO)CC2)n1. The lowest BCUT2D eigenvalue weighted by Gasteiger charge is -2.34. The molecular weight excluding hydrogens is 487 g/mol. The van der Waals surface area contributed by atoms with Gasteiger partial charge in [-0.3, -0.25) is 15.0 Å². The van der Waals surface area contributed by atoms with E-state index in [-0.39, 0.29) is 12.5 Å². The number of halogens is 2. The van der Waals surface area contributed by atoms with Crippen LogP contribution in [-0.2, 0) is 0 Å². The molecule has 1 aliphatic heterocycles. The number of carbonyl (C=O) groups excluding carboxylic acids is 1. The minimum atomic E-state index is -0.371. The van der Waals surface area contributed by atoms with Gasteiger partial charge in [0.15, 0.2) is 5.13 Å². The summed E-state index contributed by atoms with van der Waals surface area (Å²) in [7, 11) is 0. The van der Waals surface area contributed by atoms with Crippen LogP contribution in [0.1, 0.15) is 15.5 Å². The maximum atomic E-state index is 12.6. The number of thiazole rings is 1.